The molecule has 20 heavy (non-hydrogen) atoms. The van der Waals surface area contributed by atoms with Gasteiger partial charge in [0.2, 0.25) is 10.0 Å². The van der Waals surface area contributed by atoms with E-state index in [2.05, 4.69) is 5.16 Å². The SMILES string of the molecule is CCC1CN(S(=O)(=O)c2cccc(C)c2)CC/C1=N\O. The van der Waals surface area contributed by atoms with Crippen molar-refractivity contribution in [1.82, 2.24) is 4.31 Å². The van der Waals surface area contributed by atoms with Crippen LogP contribution in [-0.4, -0.2) is 36.7 Å². The fourth-order valence-electron chi connectivity index (χ4n) is 2.53. The molecule has 110 valence electrons. The summed E-state index contributed by atoms with van der Waals surface area (Å²) in [5.74, 6) is -0.00617. The molecular formula is C14H20N2O3S. The van der Waals surface area contributed by atoms with Crippen LogP contribution in [-0.2, 0) is 10.0 Å². The number of piperidine rings is 1. The van der Waals surface area contributed by atoms with E-state index in [0.29, 0.717) is 30.1 Å². The van der Waals surface area contributed by atoms with Crippen LogP contribution in [0.4, 0.5) is 0 Å². The lowest BCUT2D eigenvalue weighted by Crippen LogP contribution is -2.43. The van der Waals surface area contributed by atoms with Crippen molar-refractivity contribution in [1.29, 1.82) is 0 Å². The van der Waals surface area contributed by atoms with Gasteiger partial charge in [0, 0.05) is 25.4 Å². The Bertz CT molecular complexity index is 611. The Kier molecular flexibility index (Phi) is 4.45. The molecule has 1 saturated heterocycles. The summed E-state index contributed by atoms with van der Waals surface area (Å²) in [6.45, 7) is 4.59. The molecule has 0 spiro atoms. The molecule has 1 fully saturated rings. The summed E-state index contributed by atoms with van der Waals surface area (Å²) in [5, 5.41) is 12.3. The number of sulfonamides is 1. The van der Waals surface area contributed by atoms with E-state index in [9.17, 15) is 8.42 Å². The Hall–Kier alpha value is -1.40. The van der Waals surface area contributed by atoms with Crippen LogP contribution in [0.5, 0.6) is 0 Å². The molecule has 5 nitrogen and oxygen atoms in total. The molecule has 6 heteroatoms. The summed E-state index contributed by atoms with van der Waals surface area (Å²) in [4.78, 5) is 0.330. The van der Waals surface area contributed by atoms with Crippen molar-refractivity contribution >= 4 is 15.7 Å². The van der Waals surface area contributed by atoms with Crippen LogP contribution in [0.25, 0.3) is 0 Å². The molecular weight excluding hydrogens is 276 g/mol. The van der Waals surface area contributed by atoms with Crippen molar-refractivity contribution in [2.75, 3.05) is 13.1 Å². The van der Waals surface area contributed by atoms with Gasteiger partial charge >= 0.3 is 0 Å². The minimum atomic E-state index is -3.46. The fraction of sp³-hybridized carbons (Fsp3) is 0.500. The number of benzene rings is 1. The molecule has 1 unspecified atom stereocenters. The van der Waals surface area contributed by atoms with Crippen molar-refractivity contribution in [2.45, 2.75) is 31.6 Å². The first-order valence-corrected chi connectivity index (χ1v) is 8.20. The van der Waals surface area contributed by atoms with Gasteiger partial charge in [-0.2, -0.15) is 4.31 Å². The predicted octanol–water partition coefficient (Wildman–Crippen LogP) is 2.25. The second-order valence-electron chi connectivity index (χ2n) is 5.13. The van der Waals surface area contributed by atoms with Gasteiger partial charge in [-0.3, -0.25) is 0 Å². The summed E-state index contributed by atoms with van der Waals surface area (Å²) in [5.41, 5.74) is 1.62. The number of hydrogen-bond donors (Lipinski definition) is 1. The van der Waals surface area contributed by atoms with Gasteiger partial charge in [0.15, 0.2) is 0 Å². The first-order chi connectivity index (χ1) is 9.48. The lowest BCUT2D eigenvalue weighted by Gasteiger charge is -2.32. The van der Waals surface area contributed by atoms with Crippen LogP contribution in [0.2, 0.25) is 0 Å². The topological polar surface area (TPSA) is 70.0 Å². The summed E-state index contributed by atoms with van der Waals surface area (Å²) < 4.78 is 26.7. The van der Waals surface area contributed by atoms with Crippen molar-refractivity contribution in [3.63, 3.8) is 0 Å². The molecule has 1 atom stereocenters. The summed E-state index contributed by atoms with van der Waals surface area (Å²) in [6, 6.07) is 6.94. The van der Waals surface area contributed by atoms with Gasteiger partial charge in [-0.15, -0.1) is 0 Å². The van der Waals surface area contributed by atoms with Crippen LogP contribution in [0.1, 0.15) is 25.3 Å². The number of nitrogens with zero attached hydrogens (tertiary/aromatic N) is 2. The molecule has 0 aliphatic carbocycles. The van der Waals surface area contributed by atoms with Crippen molar-refractivity contribution in [3.05, 3.63) is 29.8 Å². The fourth-order valence-corrected chi connectivity index (χ4v) is 4.12. The zero-order chi connectivity index (χ0) is 14.8. The molecule has 1 aliphatic heterocycles. The lowest BCUT2D eigenvalue weighted by atomic mass is 9.95. The van der Waals surface area contributed by atoms with E-state index in [4.69, 9.17) is 5.21 Å². The molecule has 1 aromatic carbocycles. The predicted molar refractivity (Wildman–Crippen MR) is 77.6 cm³/mol. The summed E-state index contributed by atoms with van der Waals surface area (Å²) in [6.07, 6.45) is 1.25. The van der Waals surface area contributed by atoms with Crippen LogP contribution >= 0.6 is 0 Å². The van der Waals surface area contributed by atoms with Crippen LogP contribution < -0.4 is 0 Å². The second-order valence-corrected chi connectivity index (χ2v) is 7.06. The van der Waals surface area contributed by atoms with Crippen LogP contribution in [0.3, 0.4) is 0 Å². The molecule has 2 rings (SSSR count). The van der Waals surface area contributed by atoms with Gasteiger partial charge in [-0.1, -0.05) is 24.2 Å². The summed E-state index contributed by atoms with van der Waals surface area (Å²) >= 11 is 0. The minimum Gasteiger partial charge on any atom is -0.411 e. The molecule has 1 heterocycles. The van der Waals surface area contributed by atoms with E-state index >= 15 is 0 Å². The third-order valence-corrected chi connectivity index (χ3v) is 5.62. The van der Waals surface area contributed by atoms with Gasteiger partial charge in [0.1, 0.15) is 0 Å². The van der Waals surface area contributed by atoms with E-state index in [1.807, 2.05) is 19.9 Å². The third-order valence-electron chi connectivity index (χ3n) is 3.76. The zero-order valence-corrected chi connectivity index (χ0v) is 12.6. The maximum absolute atomic E-state index is 12.6. The smallest absolute Gasteiger partial charge is 0.243 e. The number of rotatable bonds is 3. The van der Waals surface area contributed by atoms with E-state index in [-0.39, 0.29) is 5.92 Å². The Labute approximate surface area is 120 Å². The lowest BCUT2D eigenvalue weighted by molar-refractivity contribution is 0.295. The highest BCUT2D eigenvalue weighted by Crippen LogP contribution is 2.24. The minimum absolute atomic E-state index is 0.00617. The highest BCUT2D eigenvalue weighted by atomic mass is 32.2. The summed E-state index contributed by atoms with van der Waals surface area (Å²) in [7, 11) is -3.46. The Morgan fingerprint density at radius 2 is 2.20 bits per heavy atom. The Balaban J connectivity index is 2.27. The maximum Gasteiger partial charge on any atom is 0.243 e. The van der Waals surface area contributed by atoms with Crippen molar-refractivity contribution in [3.8, 4) is 0 Å². The number of hydrogen-bond acceptors (Lipinski definition) is 4. The molecule has 1 aliphatic rings. The highest BCUT2D eigenvalue weighted by molar-refractivity contribution is 7.89. The standard InChI is InChI=1S/C14H20N2O3S/c1-3-12-10-16(8-7-14(12)15-17)20(18,19)13-6-4-5-11(2)9-13/h4-6,9,12,17H,3,7-8,10H2,1-2H3/b15-14+. The Morgan fingerprint density at radius 3 is 2.80 bits per heavy atom. The van der Waals surface area contributed by atoms with Gasteiger partial charge in [-0.05, 0) is 31.0 Å². The molecule has 1 N–H and O–H groups in total. The normalized spacial score (nSPS) is 23.1. The van der Waals surface area contributed by atoms with Crippen LogP contribution in [0, 0.1) is 12.8 Å². The van der Waals surface area contributed by atoms with E-state index < -0.39 is 10.0 Å². The first-order valence-electron chi connectivity index (χ1n) is 6.76. The van der Waals surface area contributed by atoms with Crippen molar-refractivity contribution in [2.24, 2.45) is 11.1 Å². The third kappa shape index (κ3) is 2.86. The molecule has 0 saturated carbocycles. The van der Waals surface area contributed by atoms with E-state index in [0.717, 1.165) is 12.0 Å². The molecule has 0 bridgehead atoms. The van der Waals surface area contributed by atoms with Gasteiger partial charge < -0.3 is 5.21 Å². The molecule has 1 aromatic rings. The number of oxime groups is 1. The molecule has 0 radical (unpaired) electrons. The first kappa shape index (κ1) is 15.0. The maximum atomic E-state index is 12.6. The largest absolute Gasteiger partial charge is 0.411 e. The highest BCUT2D eigenvalue weighted by Gasteiger charge is 2.32. The van der Waals surface area contributed by atoms with Gasteiger partial charge in [0.05, 0.1) is 10.6 Å². The molecule has 0 aromatic heterocycles. The van der Waals surface area contributed by atoms with Crippen LogP contribution in [0.15, 0.2) is 34.3 Å². The Morgan fingerprint density at radius 1 is 1.45 bits per heavy atom. The monoisotopic (exact) mass is 296 g/mol. The quantitative estimate of drug-likeness (QED) is 0.687. The average molecular weight is 296 g/mol. The van der Waals surface area contributed by atoms with E-state index in [1.165, 1.54) is 4.31 Å². The van der Waals surface area contributed by atoms with E-state index in [1.54, 1.807) is 18.2 Å². The number of aryl methyl sites for hydroxylation is 1. The molecule has 0 amide bonds. The second kappa shape index (κ2) is 5.93. The zero-order valence-electron chi connectivity index (χ0n) is 11.8. The van der Waals surface area contributed by atoms with Gasteiger partial charge in [0.25, 0.3) is 0 Å². The van der Waals surface area contributed by atoms with Crippen molar-refractivity contribution < 1.29 is 13.6 Å². The average Bonchev–Trinajstić information content (AvgIpc) is 2.46. The van der Waals surface area contributed by atoms with Gasteiger partial charge in [-0.25, -0.2) is 8.42 Å².